The van der Waals surface area contributed by atoms with Crippen molar-refractivity contribution < 1.29 is 26.6 Å². The summed E-state index contributed by atoms with van der Waals surface area (Å²) in [6.07, 6.45) is 2.09. The highest BCUT2D eigenvalue weighted by Gasteiger charge is 2.31. The third kappa shape index (κ3) is 3.29. The maximum Gasteiger partial charge on any atom is 0.203 e. The van der Waals surface area contributed by atoms with Crippen molar-refractivity contribution >= 4 is 10.9 Å². The largest absolute Gasteiger partial charge is 1.00 e. The quantitative estimate of drug-likeness (QED) is 0.675. The summed E-state index contributed by atoms with van der Waals surface area (Å²) in [5.74, 6) is 1.96. The van der Waals surface area contributed by atoms with E-state index in [0.717, 1.165) is 18.4 Å². The van der Waals surface area contributed by atoms with Crippen molar-refractivity contribution in [2.75, 3.05) is 21.3 Å². The van der Waals surface area contributed by atoms with E-state index in [4.69, 9.17) is 14.2 Å². The molecule has 150 valence electrons. The van der Waals surface area contributed by atoms with E-state index in [-0.39, 0.29) is 18.4 Å². The van der Waals surface area contributed by atoms with Crippen LogP contribution in [0.2, 0.25) is 0 Å². The number of nitrogens with one attached hydrogen (secondary N) is 2. The Balaban J connectivity index is 0.00000225. The fourth-order valence-corrected chi connectivity index (χ4v) is 4.10. The molecule has 4 rings (SSSR count). The summed E-state index contributed by atoms with van der Waals surface area (Å²) in [5, 5.41) is 5.10. The number of aromatic nitrogens is 1. The third-order valence-corrected chi connectivity index (χ3v) is 5.50. The smallest absolute Gasteiger partial charge is 0.203 e. The lowest BCUT2D eigenvalue weighted by atomic mass is 9.89. The van der Waals surface area contributed by atoms with E-state index < -0.39 is 0 Å². The predicted molar refractivity (Wildman–Crippen MR) is 107 cm³/mol. The van der Waals surface area contributed by atoms with E-state index >= 15 is 0 Å². The van der Waals surface area contributed by atoms with Gasteiger partial charge < -0.3 is 36.9 Å². The van der Waals surface area contributed by atoms with Crippen molar-refractivity contribution in [3.05, 3.63) is 53.2 Å². The molecule has 6 heteroatoms. The van der Waals surface area contributed by atoms with Crippen LogP contribution in [-0.2, 0) is 6.42 Å². The second-order valence-electron chi connectivity index (χ2n) is 6.93. The molecule has 2 N–H and O–H groups in total. The van der Waals surface area contributed by atoms with Crippen LogP contribution in [0.25, 0.3) is 10.9 Å². The number of rotatable bonds is 5. The molecule has 0 radical (unpaired) electrons. The Morgan fingerprint density at radius 1 is 1.00 bits per heavy atom. The van der Waals surface area contributed by atoms with Crippen molar-refractivity contribution in [1.29, 1.82) is 0 Å². The molecule has 0 saturated heterocycles. The molecule has 0 bridgehead atoms. The minimum atomic E-state index is 0. The van der Waals surface area contributed by atoms with E-state index in [9.17, 15) is 0 Å². The van der Waals surface area contributed by atoms with Crippen molar-refractivity contribution in [2.24, 2.45) is 0 Å². The van der Waals surface area contributed by atoms with Crippen molar-refractivity contribution in [2.45, 2.75) is 31.8 Å². The number of hydrogen-bond donors (Lipinski definition) is 2. The van der Waals surface area contributed by atoms with Gasteiger partial charge in [0.25, 0.3) is 0 Å². The maximum atomic E-state index is 5.57. The summed E-state index contributed by atoms with van der Waals surface area (Å²) in [5.41, 5.74) is 4.89. The summed E-state index contributed by atoms with van der Waals surface area (Å²) in [7, 11) is 4.93. The lowest BCUT2D eigenvalue weighted by Gasteiger charge is -2.32. The summed E-state index contributed by atoms with van der Waals surface area (Å²) >= 11 is 0. The molecule has 0 saturated carbocycles. The molecule has 0 spiro atoms. The van der Waals surface area contributed by atoms with Gasteiger partial charge in [-0.2, -0.15) is 0 Å². The summed E-state index contributed by atoms with van der Waals surface area (Å²) < 4.78 is 16.6. The van der Waals surface area contributed by atoms with Gasteiger partial charge in [-0.25, -0.2) is 0 Å². The van der Waals surface area contributed by atoms with Crippen molar-refractivity contribution in [3.63, 3.8) is 0 Å². The SMILES string of the molecule is CCC1Cc2c([nH]c3ccccc23)C(c2cc(OC)c(OC)c(OC)c2)N1.[Cl-]. The average Bonchev–Trinajstić information content (AvgIpc) is 3.10. The third-order valence-electron chi connectivity index (χ3n) is 5.50. The van der Waals surface area contributed by atoms with Gasteiger partial charge >= 0.3 is 0 Å². The number of fused-ring (bicyclic) bond motifs is 3. The first-order valence-corrected chi connectivity index (χ1v) is 9.35. The molecule has 0 aliphatic carbocycles. The van der Waals surface area contributed by atoms with Gasteiger partial charge in [0, 0.05) is 22.6 Å². The van der Waals surface area contributed by atoms with E-state index in [0.29, 0.717) is 23.3 Å². The van der Waals surface area contributed by atoms with Gasteiger partial charge in [-0.3, -0.25) is 0 Å². The molecule has 2 heterocycles. The molecule has 5 nitrogen and oxygen atoms in total. The number of ether oxygens (including phenoxy) is 3. The Morgan fingerprint density at radius 2 is 1.68 bits per heavy atom. The van der Waals surface area contributed by atoms with Crippen LogP contribution in [0.4, 0.5) is 0 Å². The van der Waals surface area contributed by atoms with Gasteiger partial charge in [0.15, 0.2) is 11.5 Å². The fourth-order valence-electron chi connectivity index (χ4n) is 4.10. The monoisotopic (exact) mass is 401 g/mol. The zero-order valence-corrected chi connectivity index (χ0v) is 17.4. The van der Waals surface area contributed by atoms with Crippen LogP contribution >= 0.6 is 0 Å². The predicted octanol–water partition coefficient (Wildman–Crippen LogP) is 1.21. The number of H-pyrrole nitrogens is 1. The zero-order valence-electron chi connectivity index (χ0n) is 16.6. The number of halogens is 1. The molecule has 0 fully saturated rings. The Labute approximate surface area is 171 Å². The van der Waals surface area contributed by atoms with E-state index in [1.165, 1.54) is 22.2 Å². The van der Waals surface area contributed by atoms with Crippen LogP contribution in [0.15, 0.2) is 36.4 Å². The second kappa shape index (κ2) is 8.33. The van der Waals surface area contributed by atoms with Gasteiger partial charge in [0.05, 0.1) is 27.4 Å². The first kappa shape index (κ1) is 20.4. The first-order valence-electron chi connectivity index (χ1n) is 9.35. The van der Waals surface area contributed by atoms with E-state index in [1.807, 2.05) is 12.1 Å². The van der Waals surface area contributed by atoms with Gasteiger partial charge in [0.2, 0.25) is 5.75 Å². The van der Waals surface area contributed by atoms with Crippen LogP contribution in [0.5, 0.6) is 17.2 Å². The summed E-state index contributed by atoms with van der Waals surface area (Å²) in [4.78, 5) is 3.64. The van der Waals surface area contributed by atoms with E-state index in [2.05, 4.69) is 41.5 Å². The summed E-state index contributed by atoms with van der Waals surface area (Å²) in [6.45, 7) is 2.23. The molecule has 2 atom stereocenters. The number of methoxy groups -OCH3 is 3. The second-order valence-corrected chi connectivity index (χ2v) is 6.93. The Bertz CT molecular complexity index is 945. The van der Waals surface area contributed by atoms with Gasteiger partial charge in [-0.15, -0.1) is 0 Å². The highest BCUT2D eigenvalue weighted by Crippen LogP contribution is 2.43. The molecule has 2 unspecified atom stereocenters. The minimum absolute atomic E-state index is 0. The Morgan fingerprint density at radius 3 is 2.29 bits per heavy atom. The molecule has 3 aromatic rings. The lowest BCUT2D eigenvalue weighted by Crippen LogP contribution is -3.00. The molecule has 1 aliphatic rings. The topological polar surface area (TPSA) is 55.5 Å². The van der Waals surface area contributed by atoms with Gasteiger partial charge in [0.1, 0.15) is 0 Å². The lowest BCUT2D eigenvalue weighted by molar-refractivity contribution is -0.00000638. The molecular weight excluding hydrogens is 376 g/mol. The van der Waals surface area contributed by atoms with Gasteiger partial charge in [-0.1, -0.05) is 25.1 Å². The highest BCUT2D eigenvalue weighted by atomic mass is 35.5. The van der Waals surface area contributed by atoms with Crippen molar-refractivity contribution in [1.82, 2.24) is 10.3 Å². The van der Waals surface area contributed by atoms with Crippen LogP contribution in [-0.4, -0.2) is 32.4 Å². The Hall–Kier alpha value is -2.37. The number of para-hydroxylation sites is 1. The standard InChI is InChI=1S/C22H26N2O3.ClH/c1-5-14-12-16-15-8-6-7-9-17(15)24-21(16)20(23-14)13-10-18(25-2)22(27-4)19(11-13)26-3;/h6-11,14,20,23-24H,5,12H2,1-4H3;1H/p-1. The van der Waals surface area contributed by atoms with Gasteiger partial charge in [-0.05, 0) is 42.2 Å². The number of aromatic amines is 1. The molecular formula is C22H26ClN2O3-. The highest BCUT2D eigenvalue weighted by molar-refractivity contribution is 5.85. The Kier molecular flexibility index (Phi) is 6.06. The molecule has 2 aromatic carbocycles. The first-order chi connectivity index (χ1) is 13.2. The van der Waals surface area contributed by atoms with Crippen LogP contribution < -0.4 is 31.9 Å². The normalized spacial score (nSPS) is 18.3. The zero-order chi connectivity index (χ0) is 19.0. The number of benzene rings is 2. The maximum absolute atomic E-state index is 5.57. The molecule has 1 aromatic heterocycles. The average molecular weight is 402 g/mol. The van der Waals surface area contributed by atoms with Crippen LogP contribution in [0.3, 0.4) is 0 Å². The van der Waals surface area contributed by atoms with Crippen LogP contribution in [0.1, 0.15) is 36.2 Å². The van der Waals surface area contributed by atoms with Crippen molar-refractivity contribution in [3.8, 4) is 17.2 Å². The molecule has 1 aliphatic heterocycles. The van der Waals surface area contributed by atoms with Crippen LogP contribution in [0, 0.1) is 0 Å². The summed E-state index contributed by atoms with van der Waals surface area (Å²) in [6, 6.07) is 13.0. The van der Waals surface area contributed by atoms with E-state index in [1.54, 1.807) is 21.3 Å². The molecule has 0 amide bonds. The fraction of sp³-hybridized carbons (Fsp3) is 0.364. The number of hydrogen-bond acceptors (Lipinski definition) is 4. The minimum Gasteiger partial charge on any atom is -1.00 e. The molecule has 28 heavy (non-hydrogen) atoms.